The van der Waals surface area contributed by atoms with Gasteiger partial charge in [0.2, 0.25) is 29.5 Å². The summed E-state index contributed by atoms with van der Waals surface area (Å²) in [5, 5.41) is 37.8. The third kappa shape index (κ3) is 49.2. The smallest absolute Gasteiger partial charge is 0.693 e. The van der Waals surface area contributed by atoms with E-state index in [9.17, 15) is 48.3 Å². The molecule has 2 rings (SSSR count). The van der Waals surface area contributed by atoms with Gasteiger partial charge in [0.1, 0.15) is 30.8 Å². The molecule has 0 bridgehead atoms. The minimum atomic E-state index is -1.23. The molecule has 87 heavy (non-hydrogen) atoms. The third-order valence-electron chi connectivity index (χ3n) is 13.4. The molecule has 5 amide bonds. The molecule has 0 saturated carbocycles. The van der Waals surface area contributed by atoms with Crippen molar-refractivity contribution >= 4 is 74.4 Å². The van der Waals surface area contributed by atoms with Gasteiger partial charge in [-0.15, -0.1) is 0 Å². The Labute approximate surface area is 567 Å². The van der Waals surface area contributed by atoms with Gasteiger partial charge in [0.25, 0.3) is 0 Å². The fourth-order valence-electron chi connectivity index (χ4n) is 8.38. The maximum Gasteiger partial charge on any atom is 1.00 e. The van der Waals surface area contributed by atoms with Crippen molar-refractivity contribution < 1.29 is 124 Å². The predicted molar refractivity (Wildman–Crippen MR) is 336 cm³/mol. The van der Waals surface area contributed by atoms with Crippen LogP contribution in [0.5, 0.6) is 5.75 Å². The Balaban J connectivity index is 0. The minimum absolute atomic E-state index is 0. The number of nitrogens with two attached hydrogens (primary N) is 2. The number of carbonyl (C=O) groups excluding carboxylic acids is 8. The molecule has 0 spiro atoms. The number of ketones is 3. The summed E-state index contributed by atoms with van der Waals surface area (Å²) in [7, 11) is 2.75. The van der Waals surface area contributed by atoms with Gasteiger partial charge in [0.05, 0.1) is 77.4 Å². The molecule has 14 N–H and O–H groups in total. The molecule has 0 aliphatic carbocycles. The van der Waals surface area contributed by atoms with Gasteiger partial charge in [-0.3, -0.25) is 49.0 Å². The van der Waals surface area contributed by atoms with E-state index in [0.29, 0.717) is 36.3 Å². The number of unbranched alkanes of at least 4 members (excludes halogenated alkanes) is 14. The van der Waals surface area contributed by atoms with E-state index in [1.807, 2.05) is 0 Å². The zero-order valence-corrected chi connectivity index (χ0v) is 57.1. The maximum atomic E-state index is 13.5. The average molecular weight is 1300 g/mol. The van der Waals surface area contributed by atoms with Crippen LogP contribution in [0.1, 0.15) is 148 Å². The number of carbonyl (C=O) groups is 9. The van der Waals surface area contributed by atoms with E-state index >= 15 is 0 Å². The van der Waals surface area contributed by atoms with Gasteiger partial charge in [-0.1, -0.05) is 144 Å². The fraction of sp³-hybridized carbons (Fsp3) is 0.746. The van der Waals surface area contributed by atoms with E-state index in [1.165, 1.54) is 131 Å². The summed E-state index contributed by atoms with van der Waals surface area (Å²) >= 11 is 0. The van der Waals surface area contributed by atoms with Crippen LogP contribution in [0.15, 0.2) is 24.3 Å². The molecule has 28 heteroatoms. The molecule has 1 unspecified atom stereocenters. The number of hydrogen-bond donors (Lipinski definition) is 10. The number of nitrogens with one attached hydrogen (secondary N) is 8. The van der Waals surface area contributed by atoms with E-state index in [1.54, 1.807) is 12.1 Å². The van der Waals surface area contributed by atoms with E-state index in [4.69, 9.17) is 35.5 Å². The van der Waals surface area contributed by atoms with Gasteiger partial charge < -0.3 is 73.4 Å². The molecule has 494 valence electrons. The first-order valence-corrected chi connectivity index (χ1v) is 32.9. The number of aromatic hydroxyl groups is 1. The summed E-state index contributed by atoms with van der Waals surface area (Å²) in [6.45, 7) is 6.49. The Hall–Kier alpha value is -3.17. The van der Waals surface area contributed by atoms with Crippen molar-refractivity contribution in [3.05, 3.63) is 41.7 Å². The molecule has 1 saturated heterocycles. The molecule has 25 nitrogen and oxygen atoms in total. The van der Waals surface area contributed by atoms with Crippen molar-refractivity contribution in [1.82, 2.24) is 37.2 Å². The van der Waals surface area contributed by atoms with E-state index < -0.39 is 48.0 Å². The summed E-state index contributed by atoms with van der Waals surface area (Å²) in [6.07, 6.45) is 21.7. The van der Waals surface area contributed by atoms with Crippen LogP contribution in [0.3, 0.4) is 0 Å². The molecule has 1 aliphatic rings. The zero-order valence-electron chi connectivity index (χ0n) is 52.3. The van der Waals surface area contributed by atoms with Gasteiger partial charge >= 0.3 is 57.4 Å². The summed E-state index contributed by atoms with van der Waals surface area (Å²) in [6, 6.07) is 1.86. The van der Waals surface area contributed by atoms with Gasteiger partial charge in [0, 0.05) is 38.7 Å². The SMILES string of the molecule is CC(=O)NC(CCC(=O)NCCOCCOCC(=O)NCCOCCOCC(=O)NCCCC[C@H](NCC(=O)[C@@H]1CSSC[C@H]([NH-])C(=O)CN1)C(=O)CN[C@@H](Cc1ccc(O)cc1)C(N)=O)C(=O)O.CCCCCCCCCCCCCCCC.[K+].[NH2-]. The topological polar surface area (TPSA) is 399 Å². The molecule has 1 aromatic rings. The van der Waals surface area contributed by atoms with Crippen LogP contribution in [0.2, 0.25) is 0 Å². The second kappa shape index (κ2) is 57.9. The first kappa shape index (κ1) is 85.9. The summed E-state index contributed by atoms with van der Waals surface area (Å²) in [5.74, 6) is -3.63. The van der Waals surface area contributed by atoms with E-state index in [-0.39, 0.29) is 210 Å². The minimum Gasteiger partial charge on any atom is -0.693 e. The largest absolute Gasteiger partial charge is 1.00 e. The summed E-state index contributed by atoms with van der Waals surface area (Å²) in [5.41, 5.74) is 14.2. The number of carboxylic acid groups (broad SMARTS) is 1. The number of carboxylic acids is 1. The molecule has 1 heterocycles. The Morgan fingerprint density at radius 3 is 1.66 bits per heavy atom. The molecule has 1 fully saturated rings. The Morgan fingerprint density at radius 1 is 0.644 bits per heavy atom. The third-order valence-corrected chi connectivity index (χ3v) is 15.8. The average Bonchev–Trinajstić information content (AvgIpc) is 3.85. The zero-order chi connectivity index (χ0) is 62.7. The fourth-order valence-corrected chi connectivity index (χ4v) is 10.7. The van der Waals surface area contributed by atoms with Gasteiger partial charge in [-0.05, 0) is 55.6 Å². The monoisotopic (exact) mass is 1300 g/mol. The molecule has 0 radical (unpaired) electrons. The Kier molecular flexibility index (Phi) is 57.2. The molecule has 1 aromatic carbocycles. The van der Waals surface area contributed by atoms with Crippen LogP contribution in [-0.4, -0.2) is 197 Å². The predicted octanol–water partition coefficient (Wildman–Crippen LogP) is 1.98. The van der Waals surface area contributed by atoms with Crippen molar-refractivity contribution in [3.8, 4) is 5.75 Å². The van der Waals surface area contributed by atoms with Gasteiger partial charge in [-0.25, -0.2) is 4.79 Å². The number of ether oxygens (including phenoxy) is 4. The van der Waals surface area contributed by atoms with E-state index in [0.717, 1.165) is 0 Å². The number of phenolic OH excluding ortho intramolecular Hbond substituents is 1. The van der Waals surface area contributed by atoms with Crippen molar-refractivity contribution in [3.63, 3.8) is 0 Å². The Bertz CT molecular complexity index is 2030. The van der Waals surface area contributed by atoms with Crippen LogP contribution in [-0.2, 0) is 68.5 Å². The molecular weight excluding hydrogens is 1190 g/mol. The molecule has 1 aliphatic heterocycles. The van der Waals surface area contributed by atoms with Gasteiger partial charge in [0.15, 0.2) is 11.6 Å². The van der Waals surface area contributed by atoms with Crippen LogP contribution in [0.25, 0.3) is 11.9 Å². The first-order valence-electron chi connectivity index (χ1n) is 30.4. The number of primary amides is 1. The molecule has 0 aromatic heterocycles. The Morgan fingerprint density at radius 2 is 1.14 bits per heavy atom. The summed E-state index contributed by atoms with van der Waals surface area (Å²) in [4.78, 5) is 110. The summed E-state index contributed by atoms with van der Waals surface area (Å²) < 4.78 is 21.4. The second-order valence-corrected chi connectivity index (χ2v) is 23.4. The number of amides is 5. The number of Topliss-reactive ketones (excluding diaryl/α,β-unsaturated/α-hetero) is 3. The first-order chi connectivity index (χ1) is 41.0. The van der Waals surface area contributed by atoms with Crippen LogP contribution >= 0.6 is 21.6 Å². The molecule has 5 atom stereocenters. The van der Waals surface area contributed by atoms with E-state index in [2.05, 4.69) is 51.1 Å². The van der Waals surface area contributed by atoms with Crippen LogP contribution in [0, 0.1) is 0 Å². The number of rotatable bonds is 50. The van der Waals surface area contributed by atoms with Crippen molar-refractivity contribution in [2.24, 2.45) is 5.73 Å². The van der Waals surface area contributed by atoms with Gasteiger partial charge in [-0.2, -0.15) is 0 Å². The van der Waals surface area contributed by atoms with Crippen molar-refractivity contribution in [1.29, 1.82) is 0 Å². The second-order valence-electron chi connectivity index (χ2n) is 20.8. The normalized spacial score (nSPS) is 15.0. The van der Waals surface area contributed by atoms with Crippen LogP contribution in [0.4, 0.5) is 0 Å². The molecular formula is C59H104KN10O15S2-. The number of phenols is 1. The maximum absolute atomic E-state index is 13.5. The number of aliphatic carboxylic acids is 1. The number of hydrogen-bond acceptors (Lipinski definition) is 19. The van der Waals surface area contributed by atoms with Crippen molar-refractivity contribution in [2.45, 2.75) is 179 Å². The quantitative estimate of drug-likeness (QED) is 0.0253. The number of benzene rings is 1. The van der Waals surface area contributed by atoms with Crippen molar-refractivity contribution in [2.75, 3.05) is 104 Å². The standard InChI is InChI=1S/C43H68N9O15S2.C16H34.K.H2N/c1-28(53)52-33(43(62)63)9-10-39(58)47-12-14-64-16-19-67-25-41(60)48-13-15-65-17-18-66-24-40(59)46-11-3-2-4-32(49-23-38(57)35-27-69-68-26-31(44)36(55)21-51-35)37(56)22-50-34(42(45)61)20-29-5-7-30(54)8-6-29;1-3-5-7-9-11-13-15-16-14-12-10-8-6-4-2;;/h5-8,31-35,44,49-51,54H,2-4,9-27H2,1H3,(H2,45,61)(H,46,59)(H,47,58)(H,48,60)(H,52,53)(H,62,63);3-16H2,1-2H3;;1H2/q-1;;+1;-1/t31-,32-,33?,34-,35-;;;/m0.../s1. The van der Waals surface area contributed by atoms with Crippen LogP contribution < -0.4 is 94.3 Å².